The lowest BCUT2D eigenvalue weighted by Gasteiger charge is -2.20. The quantitative estimate of drug-likeness (QED) is 0.826. The summed E-state index contributed by atoms with van der Waals surface area (Å²) >= 11 is 2.63. The van der Waals surface area contributed by atoms with Crippen LogP contribution in [0, 0.1) is 0 Å². The number of carbonyl (C=O) groups excluding carboxylic acids is 2. The third-order valence-electron chi connectivity index (χ3n) is 1.71. The van der Waals surface area contributed by atoms with Gasteiger partial charge in [0.15, 0.2) is 4.34 Å². The van der Waals surface area contributed by atoms with Crippen LogP contribution < -0.4 is 10.6 Å². The molecule has 0 spiro atoms. The molecule has 0 aliphatic carbocycles. The van der Waals surface area contributed by atoms with Crippen LogP contribution >= 0.6 is 23.1 Å². The van der Waals surface area contributed by atoms with E-state index < -0.39 is 11.3 Å². The number of nitrogens with one attached hydrogen (secondary N) is 2. The summed E-state index contributed by atoms with van der Waals surface area (Å²) < 4.78 is 0.703. The van der Waals surface area contributed by atoms with E-state index in [1.807, 2.05) is 20.8 Å². The van der Waals surface area contributed by atoms with Crippen LogP contribution in [-0.2, 0) is 4.79 Å². The van der Waals surface area contributed by atoms with Crippen LogP contribution in [0.4, 0.5) is 4.79 Å². The SMILES string of the molecule is CC(Sc1nncs1)C(=O)NC(=O)NC(C)(C)C. The average molecular weight is 288 g/mol. The third-order valence-corrected chi connectivity index (χ3v) is 3.62. The number of hydrogen-bond acceptors (Lipinski definition) is 6. The van der Waals surface area contributed by atoms with Gasteiger partial charge in [-0.05, 0) is 27.7 Å². The highest BCUT2D eigenvalue weighted by atomic mass is 32.2. The van der Waals surface area contributed by atoms with Gasteiger partial charge in [-0.15, -0.1) is 10.2 Å². The van der Waals surface area contributed by atoms with Crippen LogP contribution in [0.3, 0.4) is 0 Å². The van der Waals surface area contributed by atoms with Crippen molar-refractivity contribution in [3.8, 4) is 0 Å². The van der Waals surface area contributed by atoms with Gasteiger partial charge in [-0.25, -0.2) is 4.79 Å². The number of nitrogens with zero attached hydrogens (tertiary/aromatic N) is 2. The molecule has 1 aromatic heterocycles. The van der Waals surface area contributed by atoms with E-state index in [0.29, 0.717) is 4.34 Å². The Hall–Kier alpha value is -1.15. The molecule has 0 aromatic carbocycles. The number of carbonyl (C=O) groups is 2. The molecule has 0 radical (unpaired) electrons. The minimum atomic E-state index is -0.489. The fourth-order valence-corrected chi connectivity index (χ4v) is 2.63. The van der Waals surface area contributed by atoms with Crippen molar-refractivity contribution in [2.24, 2.45) is 0 Å². The summed E-state index contributed by atoms with van der Waals surface area (Å²) in [4.78, 5) is 23.2. The molecule has 0 bridgehead atoms. The van der Waals surface area contributed by atoms with Crippen LogP contribution in [0.15, 0.2) is 9.85 Å². The Morgan fingerprint density at radius 3 is 2.61 bits per heavy atom. The van der Waals surface area contributed by atoms with Gasteiger partial charge in [0.1, 0.15) is 5.51 Å². The molecule has 1 atom stereocenters. The number of thioether (sulfide) groups is 1. The summed E-state index contributed by atoms with van der Waals surface area (Å²) in [5.74, 6) is -0.350. The molecule has 0 aliphatic heterocycles. The maximum absolute atomic E-state index is 11.7. The van der Waals surface area contributed by atoms with Crippen molar-refractivity contribution < 1.29 is 9.59 Å². The second-order valence-corrected chi connectivity index (χ2v) is 7.08. The van der Waals surface area contributed by atoms with E-state index in [4.69, 9.17) is 0 Å². The zero-order valence-electron chi connectivity index (χ0n) is 10.7. The second-order valence-electron chi connectivity index (χ2n) is 4.66. The highest BCUT2D eigenvalue weighted by Crippen LogP contribution is 2.23. The monoisotopic (exact) mass is 288 g/mol. The molecule has 1 aromatic rings. The van der Waals surface area contributed by atoms with E-state index in [-0.39, 0.29) is 11.4 Å². The van der Waals surface area contributed by atoms with Crippen molar-refractivity contribution in [2.75, 3.05) is 0 Å². The van der Waals surface area contributed by atoms with Gasteiger partial charge in [-0.2, -0.15) is 0 Å². The van der Waals surface area contributed by atoms with Gasteiger partial charge < -0.3 is 5.32 Å². The molecular formula is C10H16N4O2S2. The van der Waals surface area contributed by atoms with Crippen LogP contribution in [-0.4, -0.2) is 32.9 Å². The molecule has 8 heteroatoms. The molecule has 3 amide bonds. The Morgan fingerprint density at radius 1 is 1.44 bits per heavy atom. The fourth-order valence-electron chi connectivity index (χ4n) is 1.00. The number of amides is 3. The van der Waals surface area contributed by atoms with Gasteiger partial charge >= 0.3 is 6.03 Å². The summed E-state index contributed by atoms with van der Waals surface area (Å²) in [5.41, 5.74) is 1.22. The summed E-state index contributed by atoms with van der Waals surface area (Å²) in [6.07, 6.45) is 0. The molecule has 1 unspecified atom stereocenters. The maximum atomic E-state index is 11.7. The zero-order chi connectivity index (χ0) is 13.8. The lowest BCUT2D eigenvalue weighted by molar-refractivity contribution is -0.119. The van der Waals surface area contributed by atoms with Crippen molar-refractivity contribution in [3.05, 3.63) is 5.51 Å². The van der Waals surface area contributed by atoms with Crippen LogP contribution in [0.5, 0.6) is 0 Å². The molecule has 0 aliphatic rings. The van der Waals surface area contributed by atoms with Crippen molar-refractivity contribution in [2.45, 2.75) is 42.8 Å². The summed E-state index contributed by atoms with van der Waals surface area (Å²) in [6.45, 7) is 7.25. The number of aromatic nitrogens is 2. The first kappa shape index (κ1) is 14.9. The minimum absolute atomic E-state index is 0.350. The smallest absolute Gasteiger partial charge is 0.321 e. The predicted octanol–water partition coefficient (Wildman–Crippen LogP) is 1.64. The second kappa shape index (κ2) is 6.14. The van der Waals surface area contributed by atoms with Gasteiger partial charge in [0, 0.05) is 5.54 Å². The first-order chi connectivity index (χ1) is 8.28. The van der Waals surface area contributed by atoms with E-state index in [2.05, 4.69) is 20.8 Å². The van der Waals surface area contributed by atoms with Crippen LogP contribution in [0.25, 0.3) is 0 Å². The molecule has 0 saturated carbocycles. The largest absolute Gasteiger partial charge is 0.333 e. The summed E-state index contributed by atoms with van der Waals surface area (Å²) in [6, 6.07) is -0.489. The Balaban J connectivity index is 2.43. The topological polar surface area (TPSA) is 84.0 Å². The molecule has 1 rings (SSSR count). The van der Waals surface area contributed by atoms with E-state index in [9.17, 15) is 9.59 Å². The number of imide groups is 1. The van der Waals surface area contributed by atoms with E-state index in [1.165, 1.54) is 23.1 Å². The van der Waals surface area contributed by atoms with Crippen molar-refractivity contribution in [3.63, 3.8) is 0 Å². The lowest BCUT2D eigenvalue weighted by Crippen LogP contribution is -2.49. The normalized spacial score (nSPS) is 12.9. The van der Waals surface area contributed by atoms with E-state index in [0.717, 1.165) is 0 Å². The van der Waals surface area contributed by atoms with Gasteiger partial charge in [0.25, 0.3) is 0 Å². The molecule has 0 saturated heterocycles. The first-order valence-corrected chi connectivity index (χ1v) is 7.10. The Morgan fingerprint density at radius 2 is 2.11 bits per heavy atom. The highest BCUT2D eigenvalue weighted by Gasteiger charge is 2.20. The standard InChI is InChI=1S/C10H16N4O2S2/c1-6(18-9-14-11-5-17-9)7(15)12-8(16)13-10(2,3)4/h5-6H,1-4H3,(H2,12,13,15,16). The van der Waals surface area contributed by atoms with Crippen molar-refractivity contribution in [1.82, 2.24) is 20.8 Å². The molecule has 2 N–H and O–H groups in total. The molecule has 1 heterocycles. The number of urea groups is 1. The summed E-state index contributed by atoms with van der Waals surface area (Å²) in [5, 5.41) is 12.1. The Labute approximate surface area is 114 Å². The molecule has 100 valence electrons. The fraction of sp³-hybridized carbons (Fsp3) is 0.600. The van der Waals surface area contributed by atoms with Gasteiger partial charge in [0.05, 0.1) is 5.25 Å². The van der Waals surface area contributed by atoms with E-state index in [1.54, 1.807) is 12.4 Å². The molecule has 18 heavy (non-hydrogen) atoms. The van der Waals surface area contributed by atoms with Gasteiger partial charge in [-0.3, -0.25) is 10.1 Å². The van der Waals surface area contributed by atoms with Gasteiger partial charge in [0.2, 0.25) is 5.91 Å². The number of hydrogen-bond donors (Lipinski definition) is 2. The summed E-state index contributed by atoms with van der Waals surface area (Å²) in [7, 11) is 0. The third kappa shape index (κ3) is 5.46. The van der Waals surface area contributed by atoms with Crippen LogP contribution in [0.2, 0.25) is 0 Å². The first-order valence-electron chi connectivity index (χ1n) is 5.34. The zero-order valence-corrected chi connectivity index (χ0v) is 12.3. The Kier molecular flexibility index (Phi) is 5.09. The van der Waals surface area contributed by atoms with Crippen molar-refractivity contribution >= 4 is 35.0 Å². The van der Waals surface area contributed by atoms with Crippen LogP contribution in [0.1, 0.15) is 27.7 Å². The van der Waals surface area contributed by atoms with Gasteiger partial charge in [-0.1, -0.05) is 23.1 Å². The minimum Gasteiger partial charge on any atom is -0.333 e. The molecule has 6 nitrogen and oxygen atoms in total. The van der Waals surface area contributed by atoms with E-state index >= 15 is 0 Å². The average Bonchev–Trinajstić information content (AvgIpc) is 2.66. The lowest BCUT2D eigenvalue weighted by atomic mass is 10.1. The highest BCUT2D eigenvalue weighted by molar-refractivity contribution is 8.02. The number of rotatable bonds is 3. The van der Waals surface area contributed by atoms with Crippen molar-refractivity contribution in [1.29, 1.82) is 0 Å². The Bertz CT molecular complexity index is 414. The predicted molar refractivity (Wildman–Crippen MR) is 71.7 cm³/mol. The molecular weight excluding hydrogens is 272 g/mol. The maximum Gasteiger partial charge on any atom is 0.321 e. The molecule has 0 fully saturated rings.